The van der Waals surface area contributed by atoms with Gasteiger partial charge < -0.3 is 5.32 Å². The zero-order chi connectivity index (χ0) is 14.4. The molecule has 0 aromatic heterocycles. The van der Waals surface area contributed by atoms with E-state index >= 15 is 0 Å². The monoisotopic (exact) mass is 285 g/mol. The van der Waals surface area contributed by atoms with Crippen molar-refractivity contribution < 1.29 is 9.59 Å². The molecule has 4 heteroatoms. The number of hydrogen-bond donors (Lipinski definition) is 1. The van der Waals surface area contributed by atoms with E-state index in [1.807, 2.05) is 43.3 Å². The fourth-order valence-corrected chi connectivity index (χ4v) is 2.49. The molecule has 0 bridgehead atoms. The highest BCUT2D eigenvalue weighted by molar-refractivity contribution is 8.00. The normalized spacial score (nSPS) is 10.1. The van der Waals surface area contributed by atoms with Crippen LogP contribution < -0.4 is 5.32 Å². The van der Waals surface area contributed by atoms with Crippen LogP contribution in [0.25, 0.3) is 0 Å². The van der Waals surface area contributed by atoms with Crippen molar-refractivity contribution in [3.8, 4) is 0 Å². The van der Waals surface area contributed by atoms with Gasteiger partial charge in [-0.25, -0.2) is 0 Å². The summed E-state index contributed by atoms with van der Waals surface area (Å²) >= 11 is 1.41. The summed E-state index contributed by atoms with van der Waals surface area (Å²) in [7, 11) is 0. The molecule has 0 spiro atoms. The molecule has 0 saturated heterocycles. The number of rotatable bonds is 5. The van der Waals surface area contributed by atoms with E-state index in [-0.39, 0.29) is 5.91 Å². The van der Waals surface area contributed by atoms with Gasteiger partial charge in [0.2, 0.25) is 5.91 Å². The quantitative estimate of drug-likeness (QED) is 0.675. The van der Waals surface area contributed by atoms with Crippen LogP contribution in [0.4, 0.5) is 5.69 Å². The summed E-state index contributed by atoms with van der Waals surface area (Å²) in [6.45, 7) is 1.95. The van der Waals surface area contributed by atoms with Gasteiger partial charge in [0.1, 0.15) is 6.29 Å². The smallest absolute Gasteiger partial charge is 0.234 e. The molecule has 2 aromatic carbocycles. The van der Waals surface area contributed by atoms with Crippen molar-refractivity contribution >= 4 is 29.6 Å². The predicted octanol–water partition coefficient (Wildman–Crippen LogP) is 3.54. The van der Waals surface area contributed by atoms with Gasteiger partial charge in [-0.1, -0.05) is 30.3 Å². The van der Waals surface area contributed by atoms with E-state index in [1.165, 1.54) is 11.8 Å². The van der Waals surface area contributed by atoms with Gasteiger partial charge in [0.05, 0.1) is 5.75 Å². The van der Waals surface area contributed by atoms with Gasteiger partial charge in [-0.05, 0) is 30.7 Å². The molecule has 0 fully saturated rings. The van der Waals surface area contributed by atoms with Crippen LogP contribution in [0.1, 0.15) is 15.9 Å². The highest BCUT2D eigenvalue weighted by Crippen LogP contribution is 2.19. The lowest BCUT2D eigenvalue weighted by Crippen LogP contribution is -2.14. The van der Waals surface area contributed by atoms with Crippen LogP contribution in [0.2, 0.25) is 0 Å². The number of hydrogen-bond acceptors (Lipinski definition) is 3. The van der Waals surface area contributed by atoms with E-state index in [1.54, 1.807) is 12.1 Å². The molecule has 2 aromatic rings. The molecule has 0 aliphatic carbocycles. The molecule has 0 atom stereocenters. The maximum Gasteiger partial charge on any atom is 0.234 e. The third-order valence-corrected chi connectivity index (χ3v) is 3.78. The SMILES string of the molecule is Cc1ccccc1NC(=O)CSc1cccc(C=O)c1. The van der Waals surface area contributed by atoms with Crippen LogP contribution in [0.15, 0.2) is 53.4 Å². The second-order valence-electron chi connectivity index (χ2n) is 4.34. The van der Waals surface area contributed by atoms with Crippen LogP contribution in [0.5, 0.6) is 0 Å². The van der Waals surface area contributed by atoms with Gasteiger partial charge >= 0.3 is 0 Å². The van der Waals surface area contributed by atoms with E-state index < -0.39 is 0 Å². The molecule has 102 valence electrons. The van der Waals surface area contributed by atoms with Crippen molar-refractivity contribution in [2.24, 2.45) is 0 Å². The molecule has 1 N–H and O–H groups in total. The van der Waals surface area contributed by atoms with E-state index in [4.69, 9.17) is 0 Å². The summed E-state index contributed by atoms with van der Waals surface area (Å²) in [6, 6.07) is 14.9. The largest absolute Gasteiger partial charge is 0.325 e. The number of para-hydroxylation sites is 1. The van der Waals surface area contributed by atoms with Gasteiger partial charge in [0.15, 0.2) is 0 Å². The summed E-state index contributed by atoms with van der Waals surface area (Å²) in [5.74, 6) is 0.261. The number of carbonyl (C=O) groups excluding carboxylic acids is 2. The first-order valence-electron chi connectivity index (χ1n) is 6.22. The lowest BCUT2D eigenvalue weighted by molar-refractivity contribution is -0.113. The molecular formula is C16H15NO2S. The zero-order valence-electron chi connectivity index (χ0n) is 11.1. The molecule has 0 aliphatic rings. The second-order valence-corrected chi connectivity index (χ2v) is 5.39. The van der Waals surface area contributed by atoms with Crippen LogP contribution in [-0.2, 0) is 4.79 Å². The molecule has 3 nitrogen and oxygen atoms in total. The fourth-order valence-electron chi connectivity index (χ4n) is 1.73. The number of benzene rings is 2. The Morgan fingerprint density at radius 3 is 2.75 bits per heavy atom. The molecule has 0 aliphatic heterocycles. The highest BCUT2D eigenvalue weighted by Gasteiger charge is 2.05. The van der Waals surface area contributed by atoms with Crippen molar-refractivity contribution in [2.45, 2.75) is 11.8 Å². The lowest BCUT2D eigenvalue weighted by atomic mass is 10.2. The first-order chi connectivity index (χ1) is 9.69. The maximum absolute atomic E-state index is 11.9. The van der Waals surface area contributed by atoms with Gasteiger partial charge in [-0.3, -0.25) is 9.59 Å². The minimum atomic E-state index is -0.0548. The minimum Gasteiger partial charge on any atom is -0.325 e. The van der Waals surface area contributed by atoms with Gasteiger partial charge in [-0.15, -0.1) is 11.8 Å². The van der Waals surface area contributed by atoms with E-state index in [2.05, 4.69) is 5.32 Å². The molecule has 20 heavy (non-hydrogen) atoms. The van der Waals surface area contributed by atoms with Gasteiger partial charge in [0, 0.05) is 16.1 Å². The number of anilines is 1. The van der Waals surface area contributed by atoms with E-state index in [9.17, 15) is 9.59 Å². The third-order valence-electron chi connectivity index (χ3n) is 2.78. The zero-order valence-corrected chi connectivity index (χ0v) is 11.9. The van der Waals surface area contributed by atoms with Crippen molar-refractivity contribution in [2.75, 3.05) is 11.1 Å². The van der Waals surface area contributed by atoms with Crippen molar-refractivity contribution in [3.63, 3.8) is 0 Å². The van der Waals surface area contributed by atoms with Crippen molar-refractivity contribution in [1.82, 2.24) is 0 Å². The summed E-state index contributed by atoms with van der Waals surface area (Å²) in [4.78, 5) is 23.5. The van der Waals surface area contributed by atoms with Crippen molar-refractivity contribution in [1.29, 1.82) is 0 Å². The molecule has 0 heterocycles. The highest BCUT2D eigenvalue weighted by atomic mass is 32.2. The standard InChI is InChI=1S/C16H15NO2S/c1-12-5-2-3-8-15(12)17-16(19)11-20-14-7-4-6-13(9-14)10-18/h2-10H,11H2,1H3,(H,17,19). The van der Waals surface area contributed by atoms with Gasteiger partial charge in [0.25, 0.3) is 0 Å². The maximum atomic E-state index is 11.9. The lowest BCUT2D eigenvalue weighted by Gasteiger charge is -2.08. The number of amides is 1. The Morgan fingerprint density at radius 1 is 1.20 bits per heavy atom. The summed E-state index contributed by atoms with van der Waals surface area (Å²) in [5, 5.41) is 2.88. The number of aldehydes is 1. The molecular weight excluding hydrogens is 270 g/mol. The first-order valence-corrected chi connectivity index (χ1v) is 7.21. The molecule has 0 unspecified atom stereocenters. The minimum absolute atomic E-state index is 0.0548. The van der Waals surface area contributed by atoms with Crippen LogP contribution in [-0.4, -0.2) is 17.9 Å². The third kappa shape index (κ3) is 3.96. The topological polar surface area (TPSA) is 46.2 Å². The second kappa shape index (κ2) is 6.91. The molecule has 0 saturated carbocycles. The molecule has 0 radical (unpaired) electrons. The van der Waals surface area contributed by atoms with Crippen LogP contribution >= 0.6 is 11.8 Å². The average Bonchev–Trinajstić information content (AvgIpc) is 2.48. The Hall–Kier alpha value is -2.07. The number of aryl methyl sites for hydroxylation is 1. The average molecular weight is 285 g/mol. The molecule has 2 rings (SSSR count). The van der Waals surface area contributed by atoms with Crippen LogP contribution in [0.3, 0.4) is 0 Å². The van der Waals surface area contributed by atoms with Gasteiger partial charge in [-0.2, -0.15) is 0 Å². The summed E-state index contributed by atoms with van der Waals surface area (Å²) in [5.41, 5.74) is 2.49. The predicted molar refractivity (Wildman–Crippen MR) is 82.4 cm³/mol. The van der Waals surface area contributed by atoms with E-state index in [0.717, 1.165) is 22.4 Å². The Kier molecular flexibility index (Phi) is 4.96. The fraction of sp³-hybridized carbons (Fsp3) is 0.125. The number of carbonyl (C=O) groups is 2. The van der Waals surface area contributed by atoms with Crippen LogP contribution in [0, 0.1) is 6.92 Å². The summed E-state index contributed by atoms with van der Waals surface area (Å²) < 4.78 is 0. The Labute approximate surface area is 122 Å². The number of nitrogens with one attached hydrogen (secondary N) is 1. The Bertz CT molecular complexity index is 625. The Balaban J connectivity index is 1.92. The van der Waals surface area contributed by atoms with E-state index in [0.29, 0.717) is 11.3 Å². The number of thioether (sulfide) groups is 1. The van der Waals surface area contributed by atoms with Crippen molar-refractivity contribution in [3.05, 3.63) is 59.7 Å². The summed E-state index contributed by atoms with van der Waals surface area (Å²) in [6.07, 6.45) is 0.803. The Morgan fingerprint density at radius 2 is 2.00 bits per heavy atom. The molecule has 1 amide bonds. The first kappa shape index (κ1) is 14.3.